The summed E-state index contributed by atoms with van der Waals surface area (Å²) in [6, 6.07) is 23.0. The summed E-state index contributed by atoms with van der Waals surface area (Å²) in [5.74, 6) is -1.68. The monoisotopic (exact) mass is 544 g/mol. The van der Waals surface area contributed by atoms with Crippen molar-refractivity contribution in [3.8, 4) is 0 Å². The molecule has 0 fully saturated rings. The first kappa shape index (κ1) is 28.4. The van der Waals surface area contributed by atoms with E-state index >= 15 is 0 Å². The number of rotatable bonds is 6. The number of carbonyl (C=O) groups is 4. The zero-order chi connectivity index (χ0) is 28.9. The van der Waals surface area contributed by atoms with Crippen molar-refractivity contribution in [3.05, 3.63) is 107 Å². The number of benzene rings is 3. The molecule has 40 heavy (non-hydrogen) atoms. The lowest BCUT2D eigenvalue weighted by atomic mass is 9.92. The van der Waals surface area contributed by atoms with Gasteiger partial charge in [-0.05, 0) is 49.9 Å². The number of hydrogen-bond donors (Lipinski definition) is 1. The van der Waals surface area contributed by atoms with E-state index in [0.29, 0.717) is 27.3 Å². The summed E-state index contributed by atoms with van der Waals surface area (Å²) >= 11 is 0. The summed E-state index contributed by atoms with van der Waals surface area (Å²) in [6.45, 7) is 6.41. The van der Waals surface area contributed by atoms with Crippen molar-refractivity contribution in [2.75, 3.05) is 0 Å². The molecule has 0 aromatic heterocycles. The molecule has 3 aromatic rings. The van der Waals surface area contributed by atoms with Crippen LogP contribution in [-0.4, -0.2) is 40.1 Å². The number of hydrogen-bond acceptors (Lipinski definition) is 7. The fourth-order valence-electron chi connectivity index (χ4n) is 4.49. The van der Waals surface area contributed by atoms with Crippen LogP contribution in [0.5, 0.6) is 0 Å². The third kappa shape index (κ3) is 6.14. The smallest absolute Gasteiger partial charge is 0.430 e. The highest BCUT2D eigenvalue weighted by atomic mass is 16.6. The first-order valence-electron chi connectivity index (χ1n) is 12.9. The lowest BCUT2D eigenvalue weighted by molar-refractivity contribution is -0.166. The highest BCUT2D eigenvalue weighted by molar-refractivity contribution is 6.22. The molecule has 1 aliphatic carbocycles. The second-order valence-corrected chi connectivity index (χ2v) is 10.5. The summed E-state index contributed by atoms with van der Waals surface area (Å²) in [5, 5.41) is 0.624. The third-order valence-corrected chi connectivity index (χ3v) is 6.33. The number of esters is 1. The van der Waals surface area contributed by atoms with Crippen LogP contribution >= 0.6 is 0 Å². The molecule has 2 amide bonds. The average molecular weight is 545 g/mol. The van der Waals surface area contributed by atoms with E-state index in [1.807, 2.05) is 12.1 Å². The van der Waals surface area contributed by atoms with Crippen LogP contribution in [0.2, 0.25) is 0 Å². The number of amides is 2. The lowest BCUT2D eigenvalue weighted by Gasteiger charge is -2.37. The Kier molecular flexibility index (Phi) is 8.23. The number of nitrogens with zero attached hydrogens (tertiary/aromatic N) is 1. The average Bonchev–Trinajstić information content (AvgIpc) is 3.23. The molecule has 0 radical (unpaired) electrons. The van der Waals surface area contributed by atoms with E-state index in [-0.39, 0.29) is 25.2 Å². The van der Waals surface area contributed by atoms with Gasteiger partial charge in [0.05, 0.1) is 0 Å². The van der Waals surface area contributed by atoms with Gasteiger partial charge in [0.15, 0.2) is 0 Å². The van der Waals surface area contributed by atoms with Crippen LogP contribution in [0.1, 0.15) is 53.4 Å². The van der Waals surface area contributed by atoms with Crippen molar-refractivity contribution >= 4 is 23.9 Å². The largest absolute Gasteiger partial charge is 0.458 e. The number of carbonyl (C=O) groups excluding carboxylic acids is 4. The van der Waals surface area contributed by atoms with Crippen molar-refractivity contribution in [1.82, 2.24) is 10.4 Å². The minimum atomic E-state index is -2.26. The van der Waals surface area contributed by atoms with E-state index in [2.05, 4.69) is 5.43 Å². The molecule has 9 heteroatoms. The van der Waals surface area contributed by atoms with Gasteiger partial charge in [-0.2, -0.15) is 5.01 Å². The topological polar surface area (TPSA) is 111 Å². The first-order valence-corrected chi connectivity index (χ1v) is 12.9. The first-order chi connectivity index (χ1) is 19.0. The molecule has 0 saturated carbocycles. The van der Waals surface area contributed by atoms with Gasteiger partial charge in [-0.3, -0.25) is 4.79 Å². The summed E-state index contributed by atoms with van der Waals surface area (Å²) in [6.07, 6.45) is -2.40. The lowest BCUT2D eigenvalue weighted by Crippen LogP contribution is -2.68. The maximum Gasteiger partial charge on any atom is 0.430 e. The summed E-state index contributed by atoms with van der Waals surface area (Å²) in [4.78, 5) is 54.6. The number of ether oxygens (including phenoxy) is 3. The molecule has 0 aliphatic heterocycles. The molecule has 0 unspecified atom stereocenters. The molecule has 208 valence electrons. The number of Topliss-reactive ketones (excluding diaryl/α,β-unsaturated/α-hetero) is 1. The number of nitrogens with one attached hydrogen (secondary N) is 1. The quantitative estimate of drug-likeness (QED) is 0.194. The maximum atomic E-state index is 14.1. The van der Waals surface area contributed by atoms with E-state index in [1.165, 1.54) is 0 Å². The van der Waals surface area contributed by atoms with Gasteiger partial charge in [-0.15, -0.1) is 0 Å². The molecule has 0 spiro atoms. The molecule has 1 aliphatic rings. The van der Waals surface area contributed by atoms with Crippen LogP contribution in [0.25, 0.3) is 0 Å². The fourth-order valence-corrected chi connectivity index (χ4v) is 4.49. The minimum Gasteiger partial charge on any atom is -0.458 e. The highest BCUT2D eigenvalue weighted by Crippen LogP contribution is 2.38. The van der Waals surface area contributed by atoms with E-state index in [4.69, 9.17) is 14.2 Å². The molecule has 0 heterocycles. The zero-order valence-corrected chi connectivity index (χ0v) is 22.9. The van der Waals surface area contributed by atoms with Gasteiger partial charge in [0, 0.05) is 12.0 Å². The van der Waals surface area contributed by atoms with E-state index in [0.717, 1.165) is 0 Å². The molecule has 4 rings (SSSR count). The predicted octanol–water partition coefficient (Wildman–Crippen LogP) is 5.29. The summed E-state index contributed by atoms with van der Waals surface area (Å²) in [7, 11) is 0. The number of fused-ring (bicyclic) bond motifs is 1. The Bertz CT molecular complexity index is 1400. The number of aryl methyl sites for hydroxylation is 1. The second kappa shape index (κ2) is 11.6. The van der Waals surface area contributed by atoms with Crippen LogP contribution in [0, 0.1) is 6.92 Å². The van der Waals surface area contributed by atoms with Gasteiger partial charge in [0.2, 0.25) is 11.3 Å². The summed E-state index contributed by atoms with van der Waals surface area (Å²) in [5.41, 5.74) is 1.90. The Morgan fingerprint density at radius 1 is 0.850 bits per heavy atom. The van der Waals surface area contributed by atoms with Crippen LogP contribution in [0.3, 0.4) is 0 Å². The normalized spacial score (nSPS) is 16.1. The molecule has 0 saturated heterocycles. The van der Waals surface area contributed by atoms with Crippen molar-refractivity contribution < 1.29 is 33.4 Å². The van der Waals surface area contributed by atoms with Gasteiger partial charge < -0.3 is 14.2 Å². The van der Waals surface area contributed by atoms with Gasteiger partial charge in [-0.1, -0.05) is 78.9 Å². The fraction of sp³-hybridized carbons (Fsp3) is 0.290. The van der Waals surface area contributed by atoms with Crippen LogP contribution < -0.4 is 5.43 Å². The molecule has 3 aromatic carbocycles. The van der Waals surface area contributed by atoms with Crippen molar-refractivity contribution in [3.63, 3.8) is 0 Å². The Balaban J connectivity index is 1.71. The van der Waals surface area contributed by atoms with Crippen molar-refractivity contribution in [2.45, 2.75) is 58.5 Å². The molecule has 1 N–H and O–H groups in total. The molecule has 1 atom stereocenters. The Hall–Kier alpha value is -4.66. The van der Waals surface area contributed by atoms with Crippen LogP contribution in [0.15, 0.2) is 78.9 Å². The van der Waals surface area contributed by atoms with Crippen molar-refractivity contribution in [2.24, 2.45) is 0 Å². The van der Waals surface area contributed by atoms with E-state index in [9.17, 15) is 19.2 Å². The SMILES string of the molecule is Cc1cccc2c1C(=O)[C@@](C(=O)OC(C)(C)C)(N(NC(=O)OCc1ccccc1)C(=O)OCc1ccccc1)C2. The van der Waals surface area contributed by atoms with Crippen LogP contribution in [0.4, 0.5) is 9.59 Å². The minimum absolute atomic E-state index is 0.105. The van der Waals surface area contributed by atoms with Gasteiger partial charge >= 0.3 is 18.2 Å². The standard InChI is InChI=1S/C31H32N2O7/c1-21-12-11-17-24-18-31(26(34)25(21)24,27(35)40-30(2,3)4)33(29(37)39-20-23-15-9-6-10-16-23)32-28(36)38-19-22-13-7-5-8-14-22/h5-17H,18-20H2,1-4H3,(H,32,36)/t31-/m0/s1. The van der Waals surface area contributed by atoms with E-state index < -0.39 is 35.1 Å². The van der Waals surface area contributed by atoms with Gasteiger partial charge in [0.1, 0.15) is 18.8 Å². The molecule has 9 nitrogen and oxygen atoms in total. The number of ketones is 1. The molecular weight excluding hydrogens is 512 g/mol. The third-order valence-electron chi connectivity index (χ3n) is 6.33. The number of hydrazine groups is 1. The second-order valence-electron chi connectivity index (χ2n) is 10.5. The van der Waals surface area contributed by atoms with Gasteiger partial charge in [0.25, 0.3) is 0 Å². The predicted molar refractivity (Wildman–Crippen MR) is 146 cm³/mol. The molecule has 0 bridgehead atoms. The maximum absolute atomic E-state index is 14.1. The van der Waals surface area contributed by atoms with E-state index in [1.54, 1.807) is 94.4 Å². The Morgan fingerprint density at radius 3 is 1.98 bits per heavy atom. The zero-order valence-electron chi connectivity index (χ0n) is 22.9. The Labute approximate surface area is 233 Å². The van der Waals surface area contributed by atoms with Crippen molar-refractivity contribution in [1.29, 1.82) is 0 Å². The van der Waals surface area contributed by atoms with Gasteiger partial charge in [-0.25, -0.2) is 19.8 Å². The highest BCUT2D eigenvalue weighted by Gasteiger charge is 2.61. The van der Waals surface area contributed by atoms with Crippen LogP contribution in [-0.2, 0) is 38.6 Å². The summed E-state index contributed by atoms with van der Waals surface area (Å²) < 4.78 is 16.5. The molecular formula is C31H32N2O7. The Morgan fingerprint density at radius 2 is 1.43 bits per heavy atom.